The molecule has 104 valence electrons. The van der Waals surface area contributed by atoms with Crippen molar-refractivity contribution in [3.05, 3.63) is 17.0 Å². The van der Waals surface area contributed by atoms with E-state index in [9.17, 15) is 0 Å². The van der Waals surface area contributed by atoms with Crippen LogP contribution in [-0.2, 0) is 13.1 Å². The van der Waals surface area contributed by atoms with Crippen LogP contribution in [0.5, 0.6) is 0 Å². The molecular formula is C13H25N3OS. The molecular weight excluding hydrogens is 246 g/mol. The highest BCUT2D eigenvalue weighted by molar-refractivity contribution is 7.98. The van der Waals surface area contributed by atoms with Gasteiger partial charge >= 0.3 is 0 Å². The second kappa shape index (κ2) is 7.16. The molecule has 0 saturated carbocycles. The molecule has 0 fully saturated rings. The predicted octanol–water partition coefficient (Wildman–Crippen LogP) is 1.68. The number of thioether (sulfide) groups is 1. The molecule has 0 radical (unpaired) electrons. The van der Waals surface area contributed by atoms with Gasteiger partial charge < -0.3 is 5.11 Å². The maximum atomic E-state index is 9.01. The summed E-state index contributed by atoms with van der Waals surface area (Å²) >= 11 is 1.87. The van der Waals surface area contributed by atoms with E-state index in [1.54, 1.807) is 0 Å². The SMILES string of the molecule is CSCC(C)N(C)Cc1c(C)nn(CCO)c1C. The molecule has 0 aliphatic carbocycles. The number of aliphatic hydroxyl groups is 1. The minimum Gasteiger partial charge on any atom is -0.394 e. The van der Waals surface area contributed by atoms with Gasteiger partial charge in [-0.25, -0.2) is 0 Å². The van der Waals surface area contributed by atoms with Gasteiger partial charge in [-0.15, -0.1) is 0 Å². The standard InChI is InChI=1S/C13H25N3OS/c1-10(9-18-5)15(4)8-13-11(2)14-16(6-7-17)12(13)3/h10,17H,6-9H2,1-5H3. The summed E-state index contributed by atoms with van der Waals surface area (Å²) < 4.78 is 1.90. The van der Waals surface area contributed by atoms with Gasteiger partial charge in [-0.3, -0.25) is 9.58 Å². The van der Waals surface area contributed by atoms with E-state index in [2.05, 4.69) is 37.1 Å². The maximum absolute atomic E-state index is 9.01. The molecule has 0 spiro atoms. The zero-order chi connectivity index (χ0) is 13.7. The van der Waals surface area contributed by atoms with Gasteiger partial charge in [-0.1, -0.05) is 0 Å². The van der Waals surface area contributed by atoms with Crippen LogP contribution in [0.4, 0.5) is 0 Å². The summed E-state index contributed by atoms with van der Waals surface area (Å²) in [6.07, 6.45) is 2.14. The third kappa shape index (κ3) is 3.73. The molecule has 0 aromatic carbocycles. The molecule has 5 heteroatoms. The first-order chi connectivity index (χ1) is 8.51. The van der Waals surface area contributed by atoms with Crippen molar-refractivity contribution in [1.29, 1.82) is 0 Å². The van der Waals surface area contributed by atoms with Crippen LogP contribution in [0.3, 0.4) is 0 Å². The Morgan fingerprint density at radius 1 is 1.44 bits per heavy atom. The monoisotopic (exact) mass is 271 g/mol. The van der Waals surface area contributed by atoms with Gasteiger partial charge in [-0.2, -0.15) is 16.9 Å². The summed E-state index contributed by atoms with van der Waals surface area (Å²) in [5, 5.41) is 13.5. The molecule has 1 aromatic heterocycles. The van der Waals surface area contributed by atoms with Gasteiger partial charge in [0.05, 0.1) is 18.8 Å². The molecule has 18 heavy (non-hydrogen) atoms. The van der Waals surface area contributed by atoms with Crippen molar-refractivity contribution < 1.29 is 5.11 Å². The zero-order valence-electron chi connectivity index (χ0n) is 12.1. The van der Waals surface area contributed by atoms with Crippen molar-refractivity contribution in [2.24, 2.45) is 0 Å². The summed E-state index contributed by atoms with van der Waals surface area (Å²) in [7, 11) is 2.16. The smallest absolute Gasteiger partial charge is 0.0644 e. The van der Waals surface area contributed by atoms with Crippen molar-refractivity contribution in [3.63, 3.8) is 0 Å². The normalized spacial score (nSPS) is 13.3. The van der Waals surface area contributed by atoms with E-state index in [1.807, 2.05) is 23.4 Å². The number of aryl methyl sites for hydroxylation is 1. The van der Waals surface area contributed by atoms with Crippen molar-refractivity contribution in [1.82, 2.24) is 14.7 Å². The Labute approximate surface area is 114 Å². The Hall–Kier alpha value is -0.520. The fourth-order valence-electron chi connectivity index (χ4n) is 2.05. The van der Waals surface area contributed by atoms with E-state index in [1.165, 1.54) is 11.3 Å². The van der Waals surface area contributed by atoms with Crippen LogP contribution in [0.1, 0.15) is 23.9 Å². The molecule has 1 heterocycles. The molecule has 1 rings (SSSR count). The van der Waals surface area contributed by atoms with Crippen molar-refractivity contribution in [3.8, 4) is 0 Å². The summed E-state index contributed by atoms with van der Waals surface area (Å²) in [5.41, 5.74) is 3.54. The van der Waals surface area contributed by atoms with E-state index in [4.69, 9.17) is 5.11 Å². The lowest BCUT2D eigenvalue weighted by Crippen LogP contribution is -2.30. The topological polar surface area (TPSA) is 41.3 Å². The van der Waals surface area contributed by atoms with E-state index in [0.717, 1.165) is 18.0 Å². The summed E-state index contributed by atoms with van der Waals surface area (Å²) in [6.45, 7) is 8.02. The number of hydrogen-bond acceptors (Lipinski definition) is 4. The molecule has 1 N–H and O–H groups in total. The highest BCUT2D eigenvalue weighted by atomic mass is 32.2. The highest BCUT2D eigenvalue weighted by Gasteiger charge is 2.15. The summed E-state index contributed by atoms with van der Waals surface area (Å²) in [4.78, 5) is 2.36. The van der Waals surface area contributed by atoms with E-state index < -0.39 is 0 Å². The molecule has 4 nitrogen and oxygen atoms in total. The lowest BCUT2D eigenvalue weighted by atomic mass is 10.1. The number of aromatic nitrogens is 2. The van der Waals surface area contributed by atoms with Crippen LogP contribution in [0.2, 0.25) is 0 Å². The second-order valence-electron chi connectivity index (χ2n) is 4.82. The molecule has 1 atom stereocenters. The lowest BCUT2D eigenvalue weighted by molar-refractivity contribution is 0.264. The van der Waals surface area contributed by atoms with Crippen LogP contribution in [0, 0.1) is 13.8 Å². The Kier molecular flexibility index (Phi) is 6.18. The first kappa shape index (κ1) is 15.5. The van der Waals surface area contributed by atoms with Crippen LogP contribution in [0.15, 0.2) is 0 Å². The number of hydrogen-bond donors (Lipinski definition) is 1. The van der Waals surface area contributed by atoms with Gasteiger partial charge in [0.25, 0.3) is 0 Å². The lowest BCUT2D eigenvalue weighted by Gasteiger charge is -2.24. The molecule has 0 bridgehead atoms. The largest absolute Gasteiger partial charge is 0.394 e. The van der Waals surface area contributed by atoms with E-state index >= 15 is 0 Å². The Bertz CT molecular complexity index is 379. The fourth-order valence-corrected chi connectivity index (χ4v) is 2.79. The van der Waals surface area contributed by atoms with Gasteiger partial charge in [0.15, 0.2) is 0 Å². The summed E-state index contributed by atoms with van der Waals surface area (Å²) in [6, 6.07) is 0.556. The van der Waals surface area contributed by atoms with E-state index in [0.29, 0.717) is 12.6 Å². The highest BCUT2D eigenvalue weighted by Crippen LogP contribution is 2.17. The quantitative estimate of drug-likeness (QED) is 0.819. The number of aliphatic hydroxyl groups excluding tert-OH is 1. The third-order valence-electron chi connectivity index (χ3n) is 3.41. The van der Waals surface area contributed by atoms with E-state index in [-0.39, 0.29) is 6.61 Å². The van der Waals surface area contributed by atoms with Gasteiger partial charge in [-0.05, 0) is 34.1 Å². The second-order valence-corrected chi connectivity index (χ2v) is 5.73. The number of rotatable bonds is 7. The van der Waals surface area contributed by atoms with Gasteiger partial charge in [0.1, 0.15) is 0 Å². The average Bonchev–Trinajstić information content (AvgIpc) is 2.58. The third-order valence-corrected chi connectivity index (χ3v) is 4.23. The van der Waals surface area contributed by atoms with Crippen molar-refractivity contribution >= 4 is 11.8 Å². The van der Waals surface area contributed by atoms with Crippen LogP contribution in [0.25, 0.3) is 0 Å². The summed E-state index contributed by atoms with van der Waals surface area (Å²) in [5.74, 6) is 1.14. The minimum absolute atomic E-state index is 0.139. The molecule has 0 amide bonds. The van der Waals surface area contributed by atoms with Crippen molar-refractivity contribution in [2.45, 2.75) is 39.9 Å². The zero-order valence-corrected chi connectivity index (χ0v) is 12.9. The van der Waals surface area contributed by atoms with Crippen molar-refractivity contribution in [2.75, 3.05) is 25.7 Å². The first-order valence-corrected chi connectivity index (χ1v) is 7.73. The number of nitrogens with zero attached hydrogens (tertiary/aromatic N) is 3. The molecule has 1 aromatic rings. The minimum atomic E-state index is 0.139. The Balaban J connectivity index is 2.77. The molecule has 0 aliphatic heterocycles. The Morgan fingerprint density at radius 2 is 2.11 bits per heavy atom. The van der Waals surface area contributed by atoms with Gasteiger partial charge in [0.2, 0.25) is 0 Å². The molecule has 0 aliphatic rings. The van der Waals surface area contributed by atoms with Crippen LogP contribution < -0.4 is 0 Å². The predicted molar refractivity (Wildman–Crippen MR) is 78.1 cm³/mol. The Morgan fingerprint density at radius 3 is 2.67 bits per heavy atom. The van der Waals surface area contributed by atoms with Crippen LogP contribution in [-0.4, -0.2) is 51.5 Å². The molecule has 1 unspecified atom stereocenters. The van der Waals surface area contributed by atoms with Gasteiger partial charge in [0, 0.05) is 29.6 Å². The fraction of sp³-hybridized carbons (Fsp3) is 0.769. The maximum Gasteiger partial charge on any atom is 0.0644 e. The first-order valence-electron chi connectivity index (χ1n) is 6.34. The van der Waals surface area contributed by atoms with Crippen LogP contribution >= 0.6 is 11.8 Å². The average molecular weight is 271 g/mol. The molecule has 0 saturated heterocycles.